The molecular weight excluding hydrogens is 267 g/mol. The summed E-state index contributed by atoms with van der Waals surface area (Å²) in [7, 11) is 0. The minimum Gasteiger partial charge on any atom is -0.394 e. The molecule has 100 valence electrons. The van der Waals surface area contributed by atoms with Crippen LogP contribution in [0.2, 0.25) is 0 Å². The molecule has 0 radical (unpaired) electrons. The monoisotopic (exact) mass is 278 g/mol. The third kappa shape index (κ3) is 2.21. The van der Waals surface area contributed by atoms with E-state index in [1.807, 2.05) is 4.98 Å². The number of nitrogens with one attached hydrogen (secondary N) is 1. The van der Waals surface area contributed by atoms with Crippen molar-refractivity contribution in [2.24, 2.45) is 0 Å². The number of hydrogen-bond donors (Lipinski definition) is 2. The Balaban J connectivity index is 2.46. The standard InChI is InChI=1S/C10H12ClFN2O4/c1-10(11)2-5(4-15)18-8(10)14-3-6(12)7(16)13-9(14)17/h3,5,8,15H,2,4H2,1H3,(H,13,16,17). The van der Waals surface area contributed by atoms with Gasteiger partial charge >= 0.3 is 5.69 Å². The van der Waals surface area contributed by atoms with E-state index in [0.29, 0.717) is 6.42 Å². The summed E-state index contributed by atoms with van der Waals surface area (Å²) in [6, 6.07) is 0. The molecule has 1 aliphatic rings. The van der Waals surface area contributed by atoms with Gasteiger partial charge in [-0.2, -0.15) is 4.39 Å². The van der Waals surface area contributed by atoms with Gasteiger partial charge in [0, 0.05) is 0 Å². The Morgan fingerprint density at radius 1 is 1.72 bits per heavy atom. The summed E-state index contributed by atoms with van der Waals surface area (Å²) in [5.74, 6) is -1.10. The average molecular weight is 279 g/mol. The molecule has 0 spiro atoms. The Morgan fingerprint density at radius 3 is 2.94 bits per heavy atom. The summed E-state index contributed by atoms with van der Waals surface area (Å²) in [5, 5.41) is 9.03. The van der Waals surface area contributed by atoms with Gasteiger partial charge in [-0.05, 0) is 13.3 Å². The van der Waals surface area contributed by atoms with Crippen molar-refractivity contribution in [3.8, 4) is 0 Å². The molecule has 1 aromatic rings. The van der Waals surface area contributed by atoms with Crippen LogP contribution in [-0.2, 0) is 4.74 Å². The van der Waals surface area contributed by atoms with Gasteiger partial charge in [-0.25, -0.2) is 4.79 Å². The summed E-state index contributed by atoms with van der Waals surface area (Å²) in [5.41, 5.74) is -1.90. The van der Waals surface area contributed by atoms with Crippen molar-refractivity contribution >= 4 is 11.6 Å². The lowest BCUT2D eigenvalue weighted by Crippen LogP contribution is -2.39. The van der Waals surface area contributed by atoms with Crippen molar-refractivity contribution in [1.29, 1.82) is 0 Å². The fourth-order valence-corrected chi connectivity index (χ4v) is 2.35. The van der Waals surface area contributed by atoms with E-state index in [1.165, 1.54) is 0 Å². The van der Waals surface area contributed by atoms with Crippen LogP contribution < -0.4 is 11.2 Å². The Bertz CT molecular complexity index is 568. The van der Waals surface area contributed by atoms with Crippen LogP contribution in [0.15, 0.2) is 15.8 Å². The predicted molar refractivity (Wildman–Crippen MR) is 61.2 cm³/mol. The van der Waals surface area contributed by atoms with Crippen molar-refractivity contribution in [3.05, 3.63) is 32.9 Å². The normalized spacial score (nSPS) is 31.8. The number of halogens is 2. The average Bonchev–Trinajstić information content (AvgIpc) is 2.59. The molecule has 2 N–H and O–H groups in total. The van der Waals surface area contributed by atoms with Gasteiger partial charge in [0.15, 0.2) is 6.23 Å². The van der Waals surface area contributed by atoms with Gasteiger partial charge in [-0.1, -0.05) is 0 Å². The molecule has 1 fully saturated rings. The highest BCUT2D eigenvalue weighted by molar-refractivity contribution is 6.24. The number of rotatable bonds is 2. The molecule has 1 saturated heterocycles. The quantitative estimate of drug-likeness (QED) is 0.743. The number of aliphatic hydroxyl groups is 1. The van der Waals surface area contributed by atoms with Gasteiger partial charge in [0.1, 0.15) is 0 Å². The van der Waals surface area contributed by atoms with Crippen LogP contribution in [0.3, 0.4) is 0 Å². The zero-order chi connectivity index (χ0) is 13.5. The number of aliphatic hydroxyl groups excluding tert-OH is 1. The van der Waals surface area contributed by atoms with Crippen LogP contribution in [0.4, 0.5) is 4.39 Å². The molecule has 0 amide bonds. The number of aromatic nitrogens is 2. The number of ether oxygens (including phenoxy) is 1. The topological polar surface area (TPSA) is 84.3 Å². The van der Waals surface area contributed by atoms with Crippen LogP contribution >= 0.6 is 11.6 Å². The van der Waals surface area contributed by atoms with Crippen molar-refractivity contribution in [3.63, 3.8) is 0 Å². The highest BCUT2D eigenvalue weighted by Crippen LogP contribution is 2.41. The molecule has 1 aromatic heterocycles. The van der Waals surface area contributed by atoms with E-state index < -0.39 is 34.3 Å². The van der Waals surface area contributed by atoms with E-state index in [4.69, 9.17) is 21.4 Å². The lowest BCUT2D eigenvalue weighted by molar-refractivity contribution is -0.0310. The minimum absolute atomic E-state index is 0.251. The van der Waals surface area contributed by atoms with Crippen LogP contribution in [0, 0.1) is 5.82 Å². The highest BCUT2D eigenvalue weighted by atomic mass is 35.5. The molecule has 0 aromatic carbocycles. The van der Waals surface area contributed by atoms with E-state index >= 15 is 0 Å². The van der Waals surface area contributed by atoms with Gasteiger partial charge in [0.25, 0.3) is 5.56 Å². The van der Waals surface area contributed by atoms with Crippen molar-refractivity contribution in [2.75, 3.05) is 6.61 Å². The first-order valence-corrected chi connectivity index (χ1v) is 5.69. The molecule has 0 saturated carbocycles. The first-order chi connectivity index (χ1) is 8.35. The van der Waals surface area contributed by atoms with Crippen LogP contribution in [-0.4, -0.2) is 32.2 Å². The highest BCUT2D eigenvalue weighted by Gasteiger charge is 2.45. The molecule has 3 unspecified atom stereocenters. The number of H-pyrrole nitrogens is 1. The Labute approximate surface area is 106 Å². The van der Waals surface area contributed by atoms with E-state index in [-0.39, 0.29) is 6.61 Å². The van der Waals surface area contributed by atoms with Crippen LogP contribution in [0.1, 0.15) is 19.6 Å². The lowest BCUT2D eigenvalue weighted by atomic mass is 10.1. The van der Waals surface area contributed by atoms with E-state index in [1.54, 1.807) is 6.92 Å². The lowest BCUT2D eigenvalue weighted by Gasteiger charge is -2.24. The maximum absolute atomic E-state index is 13.2. The third-order valence-electron chi connectivity index (χ3n) is 2.84. The van der Waals surface area contributed by atoms with E-state index in [0.717, 1.165) is 10.8 Å². The molecule has 0 aliphatic carbocycles. The van der Waals surface area contributed by atoms with Crippen molar-refractivity contribution in [1.82, 2.24) is 9.55 Å². The zero-order valence-corrected chi connectivity index (χ0v) is 10.3. The second kappa shape index (κ2) is 4.49. The zero-order valence-electron chi connectivity index (χ0n) is 9.52. The van der Waals surface area contributed by atoms with Gasteiger partial charge in [-0.15, -0.1) is 11.6 Å². The first-order valence-electron chi connectivity index (χ1n) is 5.31. The molecule has 2 heterocycles. The molecule has 8 heteroatoms. The minimum atomic E-state index is -1.10. The predicted octanol–water partition coefficient (Wildman–Crippen LogP) is -0.0470. The van der Waals surface area contributed by atoms with Crippen molar-refractivity contribution in [2.45, 2.75) is 30.6 Å². The molecule has 1 aliphatic heterocycles. The smallest absolute Gasteiger partial charge is 0.330 e. The van der Waals surface area contributed by atoms with E-state index in [9.17, 15) is 14.0 Å². The van der Waals surface area contributed by atoms with Crippen LogP contribution in [0.25, 0.3) is 0 Å². The Kier molecular flexibility index (Phi) is 3.31. The summed E-state index contributed by atoms with van der Waals surface area (Å²) >= 11 is 6.20. The molecule has 2 rings (SSSR count). The maximum Gasteiger partial charge on any atom is 0.330 e. The number of aromatic amines is 1. The first kappa shape index (κ1) is 13.3. The largest absolute Gasteiger partial charge is 0.394 e. The summed E-state index contributed by atoms with van der Waals surface area (Å²) in [4.78, 5) is 23.4. The molecule has 18 heavy (non-hydrogen) atoms. The molecule has 6 nitrogen and oxygen atoms in total. The summed E-state index contributed by atoms with van der Waals surface area (Å²) in [6.45, 7) is 1.36. The fraction of sp³-hybridized carbons (Fsp3) is 0.600. The van der Waals surface area contributed by atoms with Gasteiger partial charge in [-0.3, -0.25) is 14.3 Å². The second-order valence-corrected chi connectivity index (χ2v) is 5.28. The van der Waals surface area contributed by atoms with Crippen LogP contribution in [0.5, 0.6) is 0 Å². The van der Waals surface area contributed by atoms with Gasteiger partial charge < -0.3 is 9.84 Å². The Hall–Kier alpha value is -1.18. The fourth-order valence-electron chi connectivity index (χ4n) is 2.02. The number of nitrogens with zero attached hydrogens (tertiary/aromatic N) is 1. The number of alkyl halides is 1. The maximum atomic E-state index is 13.2. The van der Waals surface area contributed by atoms with Gasteiger partial charge in [0.2, 0.25) is 5.82 Å². The molecule has 3 atom stereocenters. The second-order valence-electron chi connectivity index (χ2n) is 4.42. The molecular formula is C10H12ClFN2O4. The molecule has 0 bridgehead atoms. The summed E-state index contributed by atoms with van der Waals surface area (Å²) < 4.78 is 19.5. The van der Waals surface area contributed by atoms with E-state index in [2.05, 4.69) is 0 Å². The Morgan fingerprint density at radius 2 is 2.39 bits per heavy atom. The SMILES string of the molecule is CC1(Cl)CC(CO)OC1n1cc(F)c(=O)[nH]c1=O. The third-order valence-corrected chi connectivity index (χ3v) is 3.18. The van der Waals surface area contributed by atoms with Gasteiger partial charge in [0.05, 0.1) is 23.8 Å². The van der Waals surface area contributed by atoms with Crippen molar-refractivity contribution < 1.29 is 14.2 Å². The number of hydrogen-bond acceptors (Lipinski definition) is 4. The summed E-state index contributed by atoms with van der Waals surface area (Å²) in [6.07, 6.45) is -0.413.